The molecule has 2 aromatic rings. The van der Waals surface area contributed by atoms with Crippen LogP contribution in [-0.4, -0.2) is 45.4 Å². The molecule has 35 heavy (non-hydrogen) atoms. The van der Waals surface area contributed by atoms with Gasteiger partial charge in [0.2, 0.25) is 5.91 Å². The first kappa shape index (κ1) is 29.4. The Morgan fingerprint density at radius 3 is 2.26 bits per heavy atom. The van der Waals surface area contributed by atoms with Crippen LogP contribution in [0.1, 0.15) is 61.8 Å². The number of amides is 2. The fraction of sp³-hybridized carbons (Fsp3) is 0.458. The molecule has 0 bridgehead atoms. The zero-order valence-corrected chi connectivity index (χ0v) is 20.4. The number of hydrogen-bond acceptors (Lipinski definition) is 6. The molecule has 2 amide bonds. The Hall–Kier alpha value is -3.63. The normalized spacial score (nSPS) is 11.3. The highest BCUT2D eigenvalue weighted by Gasteiger charge is 2.19. The van der Waals surface area contributed by atoms with Crippen molar-refractivity contribution in [2.45, 2.75) is 59.4 Å². The van der Waals surface area contributed by atoms with E-state index in [0.717, 1.165) is 30.8 Å². The Kier molecular flexibility index (Phi) is 12.3. The first-order valence-electron chi connectivity index (χ1n) is 11.3. The third-order valence-corrected chi connectivity index (χ3v) is 4.64. The molecule has 0 saturated heterocycles. The lowest BCUT2D eigenvalue weighted by molar-refractivity contribution is -0.141. The quantitative estimate of drug-likeness (QED) is 0.376. The van der Waals surface area contributed by atoms with Gasteiger partial charge in [-0.2, -0.15) is 0 Å². The van der Waals surface area contributed by atoms with Gasteiger partial charge in [-0.15, -0.1) is 0 Å². The monoisotopic (exact) mass is 493 g/mol. The molecule has 0 aliphatic rings. The first-order chi connectivity index (χ1) is 16.4. The Labute approximate surface area is 203 Å². The SMILES string of the molecule is CCCC(NC(=O)Cc1cc(F)cc(F)c1)C(=O)O.Cc1cnc(C(N)=O)c(NCCC(C)C)n1. The number of carboxylic acid groups (broad SMARTS) is 1. The van der Waals surface area contributed by atoms with Crippen molar-refractivity contribution in [3.05, 3.63) is 53.0 Å². The lowest BCUT2D eigenvalue weighted by atomic mass is 10.1. The summed E-state index contributed by atoms with van der Waals surface area (Å²) in [5.41, 5.74) is 6.34. The predicted octanol–water partition coefficient (Wildman–Crippen LogP) is 3.22. The van der Waals surface area contributed by atoms with Gasteiger partial charge in [0.1, 0.15) is 17.7 Å². The lowest BCUT2D eigenvalue weighted by Crippen LogP contribution is -2.41. The second kappa shape index (κ2) is 14.6. The van der Waals surface area contributed by atoms with E-state index in [-0.39, 0.29) is 17.7 Å². The molecule has 0 aliphatic carbocycles. The number of nitrogens with one attached hydrogen (secondary N) is 2. The smallest absolute Gasteiger partial charge is 0.326 e. The van der Waals surface area contributed by atoms with Crippen LogP contribution in [0.2, 0.25) is 0 Å². The van der Waals surface area contributed by atoms with E-state index in [1.807, 2.05) is 6.92 Å². The molecule has 1 aromatic heterocycles. The number of anilines is 1. The third-order valence-electron chi connectivity index (χ3n) is 4.64. The summed E-state index contributed by atoms with van der Waals surface area (Å²) in [7, 11) is 0. The standard InChI is InChI=1S/C13H15F2NO3.C11H18N4O/c1-2-3-11(13(18)19)16-12(17)6-8-4-9(14)7-10(15)5-8;1-7(2)4-5-13-11-9(10(12)16)14-6-8(3)15-11/h4-5,7,11H,2-3,6H2,1H3,(H,16,17)(H,18,19);6-7H,4-5H2,1-3H3,(H2,12,16)(H,13,15). The summed E-state index contributed by atoms with van der Waals surface area (Å²) >= 11 is 0. The van der Waals surface area contributed by atoms with Crippen LogP contribution in [0.5, 0.6) is 0 Å². The van der Waals surface area contributed by atoms with E-state index in [1.54, 1.807) is 6.92 Å². The number of aliphatic carboxylic acids is 1. The molecule has 1 atom stereocenters. The summed E-state index contributed by atoms with van der Waals surface area (Å²) in [4.78, 5) is 41.8. The second-order valence-corrected chi connectivity index (χ2v) is 8.38. The molecule has 11 heteroatoms. The van der Waals surface area contributed by atoms with E-state index in [0.29, 0.717) is 30.6 Å². The van der Waals surface area contributed by atoms with E-state index < -0.39 is 35.5 Å². The van der Waals surface area contributed by atoms with Crippen LogP contribution in [0, 0.1) is 24.5 Å². The molecule has 5 N–H and O–H groups in total. The number of carbonyl (C=O) groups is 3. The summed E-state index contributed by atoms with van der Waals surface area (Å²) in [5.74, 6) is -2.72. The Bertz CT molecular complexity index is 997. The number of carboxylic acids is 1. The average molecular weight is 494 g/mol. The minimum atomic E-state index is -1.12. The summed E-state index contributed by atoms with van der Waals surface area (Å²) in [6.45, 7) is 8.66. The van der Waals surface area contributed by atoms with Gasteiger partial charge in [0.05, 0.1) is 12.1 Å². The fourth-order valence-corrected chi connectivity index (χ4v) is 2.95. The van der Waals surface area contributed by atoms with Gasteiger partial charge in [0, 0.05) is 18.8 Å². The van der Waals surface area contributed by atoms with Gasteiger partial charge in [-0.1, -0.05) is 27.2 Å². The Morgan fingerprint density at radius 1 is 1.11 bits per heavy atom. The molecule has 0 fully saturated rings. The first-order valence-corrected chi connectivity index (χ1v) is 11.3. The number of halogens is 2. The summed E-state index contributed by atoms with van der Waals surface area (Å²) in [6, 6.07) is 1.81. The highest BCUT2D eigenvalue weighted by molar-refractivity contribution is 5.95. The molecule has 0 aliphatic heterocycles. The van der Waals surface area contributed by atoms with E-state index in [9.17, 15) is 23.2 Å². The minimum absolute atomic E-state index is 0.163. The van der Waals surface area contributed by atoms with Crippen molar-refractivity contribution in [3.63, 3.8) is 0 Å². The summed E-state index contributed by atoms with van der Waals surface area (Å²) in [6.07, 6.45) is 3.19. The molecule has 1 heterocycles. The molecular formula is C24H33F2N5O4. The van der Waals surface area contributed by atoms with Crippen LogP contribution in [0.15, 0.2) is 24.4 Å². The van der Waals surface area contributed by atoms with Crippen LogP contribution in [0.4, 0.5) is 14.6 Å². The molecule has 0 saturated carbocycles. The molecule has 192 valence electrons. The number of primary amides is 1. The maximum Gasteiger partial charge on any atom is 0.326 e. The zero-order valence-electron chi connectivity index (χ0n) is 20.4. The third kappa shape index (κ3) is 11.4. The molecule has 0 radical (unpaired) electrons. The van der Waals surface area contributed by atoms with E-state index in [2.05, 4.69) is 34.4 Å². The molecule has 1 aromatic carbocycles. The average Bonchev–Trinajstić information content (AvgIpc) is 2.72. The van der Waals surface area contributed by atoms with Gasteiger partial charge in [0.25, 0.3) is 5.91 Å². The van der Waals surface area contributed by atoms with Crippen LogP contribution in [-0.2, 0) is 16.0 Å². The minimum Gasteiger partial charge on any atom is -0.480 e. The summed E-state index contributed by atoms with van der Waals surface area (Å²) in [5, 5.41) is 14.3. The summed E-state index contributed by atoms with van der Waals surface area (Å²) < 4.78 is 25.8. The van der Waals surface area contributed by atoms with Crippen molar-refractivity contribution in [2.24, 2.45) is 11.7 Å². The number of nitrogens with two attached hydrogens (primary N) is 1. The van der Waals surface area contributed by atoms with E-state index >= 15 is 0 Å². The van der Waals surface area contributed by atoms with Gasteiger partial charge < -0.3 is 21.5 Å². The molecule has 1 unspecified atom stereocenters. The van der Waals surface area contributed by atoms with Crippen molar-refractivity contribution in [2.75, 3.05) is 11.9 Å². The lowest BCUT2D eigenvalue weighted by Gasteiger charge is -2.13. The fourth-order valence-electron chi connectivity index (χ4n) is 2.95. The van der Waals surface area contributed by atoms with Crippen LogP contribution >= 0.6 is 0 Å². The zero-order chi connectivity index (χ0) is 26.5. The van der Waals surface area contributed by atoms with Gasteiger partial charge >= 0.3 is 5.97 Å². The van der Waals surface area contributed by atoms with Crippen molar-refractivity contribution < 1.29 is 28.3 Å². The molecule has 9 nitrogen and oxygen atoms in total. The number of aromatic nitrogens is 2. The highest BCUT2D eigenvalue weighted by atomic mass is 19.1. The maximum atomic E-state index is 12.9. The van der Waals surface area contributed by atoms with Crippen LogP contribution in [0.3, 0.4) is 0 Å². The van der Waals surface area contributed by atoms with Gasteiger partial charge in [-0.25, -0.2) is 23.5 Å². The largest absolute Gasteiger partial charge is 0.480 e. The number of rotatable bonds is 11. The van der Waals surface area contributed by atoms with E-state index in [1.165, 1.54) is 6.20 Å². The van der Waals surface area contributed by atoms with Crippen molar-refractivity contribution in [1.82, 2.24) is 15.3 Å². The number of nitrogens with zero attached hydrogens (tertiary/aromatic N) is 2. The number of aryl methyl sites for hydroxylation is 1. The molecule has 0 spiro atoms. The maximum absolute atomic E-state index is 12.9. The predicted molar refractivity (Wildman–Crippen MR) is 128 cm³/mol. The Morgan fingerprint density at radius 2 is 1.74 bits per heavy atom. The van der Waals surface area contributed by atoms with Crippen LogP contribution in [0.25, 0.3) is 0 Å². The van der Waals surface area contributed by atoms with E-state index in [4.69, 9.17) is 10.8 Å². The van der Waals surface area contributed by atoms with Gasteiger partial charge in [0.15, 0.2) is 11.5 Å². The number of benzene rings is 1. The number of hydrogen-bond donors (Lipinski definition) is 4. The highest BCUT2D eigenvalue weighted by Crippen LogP contribution is 2.11. The number of carbonyl (C=O) groups excluding carboxylic acids is 2. The van der Waals surface area contributed by atoms with Crippen LogP contribution < -0.4 is 16.4 Å². The second-order valence-electron chi connectivity index (χ2n) is 8.38. The van der Waals surface area contributed by atoms with Gasteiger partial charge in [-0.05, 0) is 43.4 Å². The van der Waals surface area contributed by atoms with Gasteiger partial charge in [-0.3, -0.25) is 9.59 Å². The molecular weight excluding hydrogens is 460 g/mol. The van der Waals surface area contributed by atoms with Crippen molar-refractivity contribution in [3.8, 4) is 0 Å². The molecule has 2 rings (SSSR count). The topological polar surface area (TPSA) is 147 Å². The Balaban J connectivity index is 0.000000355. The van der Waals surface area contributed by atoms with Crippen molar-refractivity contribution in [1.29, 1.82) is 0 Å². The van der Waals surface area contributed by atoms with Crippen molar-refractivity contribution >= 4 is 23.6 Å².